The molecule has 1 aromatic carbocycles. The summed E-state index contributed by atoms with van der Waals surface area (Å²) in [6.07, 6.45) is 3.20. The summed E-state index contributed by atoms with van der Waals surface area (Å²) < 4.78 is 7.83. The van der Waals surface area contributed by atoms with Crippen LogP contribution in [0.3, 0.4) is 0 Å². The number of nitrogens with zero attached hydrogens (tertiary/aromatic N) is 4. The second-order valence-corrected chi connectivity index (χ2v) is 5.39. The van der Waals surface area contributed by atoms with Gasteiger partial charge in [-0.3, -0.25) is 14.3 Å². The third kappa shape index (κ3) is 3.92. The van der Waals surface area contributed by atoms with Crippen LogP contribution in [-0.2, 0) is 18.4 Å². The Kier molecular flexibility index (Phi) is 4.60. The van der Waals surface area contributed by atoms with E-state index in [1.54, 1.807) is 31.1 Å². The number of ether oxygens (including phenoxy) is 1. The molecule has 0 fully saturated rings. The van der Waals surface area contributed by atoms with Crippen molar-refractivity contribution in [3.63, 3.8) is 0 Å². The lowest BCUT2D eigenvalue weighted by Gasteiger charge is -2.08. The molecule has 25 heavy (non-hydrogen) atoms. The number of hydrogen-bond acceptors (Lipinski definition) is 5. The third-order valence-corrected chi connectivity index (χ3v) is 3.53. The Morgan fingerprint density at radius 1 is 1.20 bits per heavy atom. The fourth-order valence-electron chi connectivity index (χ4n) is 2.30. The molecule has 0 bridgehead atoms. The van der Waals surface area contributed by atoms with Crippen molar-refractivity contribution in [2.24, 2.45) is 7.05 Å². The summed E-state index contributed by atoms with van der Waals surface area (Å²) in [5.74, 6) is 0.377. The number of amides is 1. The Labute approximate surface area is 143 Å². The van der Waals surface area contributed by atoms with Gasteiger partial charge in [0.15, 0.2) is 0 Å². The van der Waals surface area contributed by atoms with Crippen LogP contribution in [0.2, 0.25) is 0 Å². The van der Waals surface area contributed by atoms with Gasteiger partial charge >= 0.3 is 0 Å². The van der Waals surface area contributed by atoms with Crippen molar-refractivity contribution >= 4 is 11.6 Å². The van der Waals surface area contributed by atoms with Crippen LogP contribution in [0.1, 0.15) is 0 Å². The minimum atomic E-state index is -0.352. The number of carbonyl (C=O) groups excluding carboxylic acids is 1. The van der Waals surface area contributed by atoms with Gasteiger partial charge < -0.3 is 10.1 Å². The van der Waals surface area contributed by atoms with Crippen LogP contribution >= 0.6 is 0 Å². The van der Waals surface area contributed by atoms with E-state index in [1.807, 2.05) is 24.3 Å². The highest BCUT2D eigenvalue weighted by atomic mass is 16.5. The van der Waals surface area contributed by atoms with E-state index in [0.29, 0.717) is 11.4 Å². The summed E-state index contributed by atoms with van der Waals surface area (Å²) in [4.78, 5) is 24.1. The van der Waals surface area contributed by atoms with Crippen LogP contribution in [0, 0.1) is 0 Å². The Morgan fingerprint density at radius 2 is 1.96 bits per heavy atom. The normalized spacial score (nSPS) is 10.5. The van der Waals surface area contributed by atoms with Gasteiger partial charge in [-0.2, -0.15) is 10.2 Å². The lowest BCUT2D eigenvalue weighted by Crippen LogP contribution is -2.29. The number of carbonyl (C=O) groups is 1. The Hall–Kier alpha value is -3.42. The van der Waals surface area contributed by atoms with E-state index in [-0.39, 0.29) is 18.0 Å². The van der Waals surface area contributed by atoms with E-state index >= 15 is 0 Å². The van der Waals surface area contributed by atoms with Gasteiger partial charge in [-0.1, -0.05) is 0 Å². The number of anilines is 1. The molecule has 3 aromatic rings. The number of methoxy groups -OCH3 is 1. The van der Waals surface area contributed by atoms with E-state index in [1.165, 1.54) is 12.3 Å². The molecule has 0 atom stereocenters. The largest absolute Gasteiger partial charge is 0.497 e. The predicted molar refractivity (Wildman–Crippen MR) is 92.3 cm³/mol. The van der Waals surface area contributed by atoms with E-state index in [9.17, 15) is 9.59 Å². The molecule has 0 saturated heterocycles. The monoisotopic (exact) mass is 339 g/mol. The van der Waals surface area contributed by atoms with Crippen molar-refractivity contribution in [1.82, 2.24) is 19.6 Å². The maximum absolute atomic E-state index is 12.1. The SMILES string of the molecule is COc1ccc(-c2ccc(=O)n(CC(=O)Nc3cnn(C)c3)n2)cc1. The summed E-state index contributed by atoms with van der Waals surface area (Å²) in [5, 5.41) is 10.9. The molecule has 8 nitrogen and oxygen atoms in total. The van der Waals surface area contributed by atoms with Gasteiger partial charge in [0.25, 0.3) is 5.56 Å². The summed E-state index contributed by atoms with van der Waals surface area (Å²) in [6.45, 7) is -0.183. The molecule has 0 radical (unpaired) electrons. The molecule has 8 heteroatoms. The second kappa shape index (κ2) is 7.00. The fourth-order valence-corrected chi connectivity index (χ4v) is 2.30. The quantitative estimate of drug-likeness (QED) is 0.756. The van der Waals surface area contributed by atoms with Crippen molar-refractivity contribution in [2.75, 3.05) is 12.4 Å². The lowest BCUT2D eigenvalue weighted by molar-refractivity contribution is -0.117. The van der Waals surface area contributed by atoms with E-state index in [2.05, 4.69) is 15.5 Å². The summed E-state index contributed by atoms with van der Waals surface area (Å²) >= 11 is 0. The maximum atomic E-state index is 12.1. The Balaban J connectivity index is 1.79. The zero-order chi connectivity index (χ0) is 17.8. The van der Waals surface area contributed by atoms with E-state index < -0.39 is 0 Å². The molecule has 0 aliphatic heterocycles. The first-order valence-corrected chi connectivity index (χ1v) is 7.56. The molecule has 0 aliphatic rings. The molecule has 0 spiro atoms. The average Bonchev–Trinajstić information content (AvgIpc) is 3.01. The molecule has 1 N–H and O–H groups in total. The summed E-state index contributed by atoms with van der Waals surface area (Å²) in [7, 11) is 3.34. The van der Waals surface area contributed by atoms with Gasteiger partial charge in [0.05, 0.1) is 24.7 Å². The molecule has 0 saturated carbocycles. The maximum Gasteiger partial charge on any atom is 0.267 e. The number of hydrogen-bond donors (Lipinski definition) is 1. The molecule has 128 valence electrons. The van der Waals surface area contributed by atoms with Crippen LogP contribution in [0.5, 0.6) is 5.75 Å². The lowest BCUT2D eigenvalue weighted by atomic mass is 10.1. The van der Waals surface area contributed by atoms with Gasteiger partial charge in [-0.05, 0) is 30.3 Å². The van der Waals surface area contributed by atoms with Gasteiger partial charge in [-0.25, -0.2) is 4.68 Å². The molecular formula is C17H17N5O3. The van der Waals surface area contributed by atoms with Gasteiger partial charge in [-0.15, -0.1) is 0 Å². The zero-order valence-electron chi connectivity index (χ0n) is 13.8. The summed E-state index contributed by atoms with van der Waals surface area (Å²) in [5.41, 5.74) is 1.63. The van der Waals surface area contributed by atoms with Gasteiger partial charge in [0.2, 0.25) is 5.91 Å². The van der Waals surface area contributed by atoms with Crippen LogP contribution in [0.15, 0.2) is 53.6 Å². The van der Waals surface area contributed by atoms with Crippen LogP contribution < -0.4 is 15.6 Å². The number of aryl methyl sites for hydroxylation is 1. The molecule has 0 aliphatic carbocycles. The highest BCUT2D eigenvalue weighted by Gasteiger charge is 2.09. The zero-order valence-corrected chi connectivity index (χ0v) is 13.8. The Morgan fingerprint density at radius 3 is 2.60 bits per heavy atom. The molecule has 2 heterocycles. The summed E-state index contributed by atoms with van der Waals surface area (Å²) in [6, 6.07) is 10.3. The molecule has 0 unspecified atom stereocenters. The van der Waals surface area contributed by atoms with Crippen LogP contribution in [0.25, 0.3) is 11.3 Å². The number of benzene rings is 1. The second-order valence-electron chi connectivity index (χ2n) is 5.39. The van der Waals surface area contributed by atoms with Crippen molar-refractivity contribution in [3.05, 3.63) is 59.1 Å². The predicted octanol–water partition coefficient (Wildman–Crippen LogP) is 1.29. The topological polar surface area (TPSA) is 91.0 Å². The number of nitrogens with one attached hydrogen (secondary N) is 1. The van der Waals surface area contributed by atoms with Gasteiger partial charge in [0.1, 0.15) is 12.3 Å². The standard InChI is InChI=1S/C17H17N5O3/c1-21-10-13(9-18-21)19-16(23)11-22-17(24)8-7-15(20-22)12-3-5-14(25-2)6-4-12/h3-10H,11H2,1-2H3,(H,19,23). The number of rotatable bonds is 5. The van der Waals surface area contributed by atoms with Crippen LogP contribution in [-0.4, -0.2) is 32.6 Å². The first-order valence-electron chi connectivity index (χ1n) is 7.56. The smallest absolute Gasteiger partial charge is 0.267 e. The van der Waals surface area contributed by atoms with E-state index in [0.717, 1.165) is 16.0 Å². The minimum absolute atomic E-state index is 0.183. The first kappa shape index (κ1) is 16.4. The van der Waals surface area contributed by atoms with Crippen molar-refractivity contribution in [2.45, 2.75) is 6.54 Å². The average molecular weight is 339 g/mol. The third-order valence-electron chi connectivity index (χ3n) is 3.53. The molecule has 1 amide bonds. The number of aromatic nitrogens is 4. The minimum Gasteiger partial charge on any atom is -0.497 e. The van der Waals surface area contributed by atoms with Gasteiger partial charge in [0, 0.05) is 24.9 Å². The highest BCUT2D eigenvalue weighted by Crippen LogP contribution is 2.19. The molecule has 3 rings (SSSR count). The van der Waals surface area contributed by atoms with Crippen molar-refractivity contribution in [1.29, 1.82) is 0 Å². The van der Waals surface area contributed by atoms with Crippen molar-refractivity contribution < 1.29 is 9.53 Å². The van der Waals surface area contributed by atoms with Crippen molar-refractivity contribution in [3.8, 4) is 17.0 Å². The molecule has 2 aromatic heterocycles. The fraction of sp³-hybridized carbons (Fsp3) is 0.176. The Bertz CT molecular complexity index is 943. The van der Waals surface area contributed by atoms with E-state index in [4.69, 9.17) is 4.74 Å². The van der Waals surface area contributed by atoms with Crippen LogP contribution in [0.4, 0.5) is 5.69 Å². The first-order chi connectivity index (χ1) is 12.0. The highest BCUT2D eigenvalue weighted by molar-refractivity contribution is 5.90. The molecular weight excluding hydrogens is 322 g/mol.